The van der Waals surface area contributed by atoms with Gasteiger partial charge in [0.1, 0.15) is 0 Å². The molecule has 1 saturated carbocycles. The van der Waals surface area contributed by atoms with E-state index < -0.39 is 10.0 Å². The van der Waals surface area contributed by atoms with Crippen LogP contribution < -0.4 is 0 Å². The zero-order chi connectivity index (χ0) is 14.6. The van der Waals surface area contributed by atoms with Crippen LogP contribution in [-0.2, 0) is 10.0 Å². The summed E-state index contributed by atoms with van der Waals surface area (Å²) in [7, 11) is -3.08. The van der Waals surface area contributed by atoms with Crippen LogP contribution in [0, 0.1) is 17.2 Å². The topological polar surface area (TPSA) is 64.4 Å². The highest BCUT2D eigenvalue weighted by atomic mass is 32.2. The molecule has 6 heteroatoms. The van der Waals surface area contributed by atoms with Crippen molar-refractivity contribution in [2.75, 3.05) is 32.4 Å². The van der Waals surface area contributed by atoms with E-state index in [1.807, 2.05) is 0 Å². The van der Waals surface area contributed by atoms with E-state index in [0.29, 0.717) is 31.6 Å². The smallest absolute Gasteiger partial charge is 0.211 e. The normalized spacial score (nSPS) is 25.9. The van der Waals surface area contributed by atoms with E-state index in [4.69, 9.17) is 5.26 Å². The van der Waals surface area contributed by atoms with Gasteiger partial charge in [-0.05, 0) is 31.6 Å². The highest BCUT2D eigenvalue weighted by Crippen LogP contribution is 2.26. The van der Waals surface area contributed by atoms with Crippen LogP contribution in [0.2, 0.25) is 0 Å². The van der Waals surface area contributed by atoms with E-state index in [9.17, 15) is 8.42 Å². The minimum absolute atomic E-state index is 0.368. The van der Waals surface area contributed by atoms with Gasteiger partial charge in [-0.3, -0.25) is 4.90 Å². The first kappa shape index (κ1) is 15.7. The summed E-state index contributed by atoms with van der Waals surface area (Å²) in [6.45, 7) is 2.61. The minimum Gasteiger partial charge on any atom is -0.287 e. The molecular weight excluding hydrogens is 274 g/mol. The summed E-state index contributed by atoms with van der Waals surface area (Å²) >= 11 is 0. The Bertz CT molecular complexity index is 452. The number of sulfonamides is 1. The van der Waals surface area contributed by atoms with Gasteiger partial charge in [0.25, 0.3) is 0 Å². The second-order valence-electron chi connectivity index (χ2n) is 6.16. The van der Waals surface area contributed by atoms with Gasteiger partial charge < -0.3 is 0 Å². The van der Waals surface area contributed by atoms with E-state index in [0.717, 1.165) is 19.4 Å². The maximum absolute atomic E-state index is 11.7. The molecular formula is C14H25N3O2S. The second-order valence-corrected chi connectivity index (χ2v) is 8.14. The Morgan fingerprint density at radius 3 is 2.55 bits per heavy atom. The number of hydrogen-bond acceptors (Lipinski definition) is 4. The molecule has 0 aromatic heterocycles. The van der Waals surface area contributed by atoms with Crippen LogP contribution in [0.3, 0.4) is 0 Å². The van der Waals surface area contributed by atoms with Crippen LogP contribution in [0.5, 0.6) is 0 Å². The lowest BCUT2D eigenvalue weighted by molar-refractivity contribution is 0.152. The van der Waals surface area contributed by atoms with Gasteiger partial charge in [0, 0.05) is 25.7 Å². The average molecular weight is 299 g/mol. The largest absolute Gasteiger partial charge is 0.287 e. The summed E-state index contributed by atoms with van der Waals surface area (Å²) < 4.78 is 24.9. The predicted octanol–water partition coefficient (Wildman–Crippen LogP) is 1.43. The van der Waals surface area contributed by atoms with Crippen LogP contribution in [0.4, 0.5) is 0 Å². The molecule has 1 saturated heterocycles. The van der Waals surface area contributed by atoms with E-state index in [1.54, 1.807) is 4.31 Å². The lowest BCUT2D eigenvalue weighted by Gasteiger charge is -2.35. The highest BCUT2D eigenvalue weighted by Gasteiger charge is 2.29. The Morgan fingerprint density at radius 1 is 1.25 bits per heavy atom. The van der Waals surface area contributed by atoms with E-state index in [-0.39, 0.29) is 0 Å². The van der Waals surface area contributed by atoms with Crippen molar-refractivity contribution in [2.45, 2.75) is 44.6 Å². The molecule has 1 heterocycles. The standard InChI is InChI=1S/C14H25N3O2S/c1-20(18,19)17-9-4-5-13(12-17)11-16(10-8-15)14-6-2-3-7-14/h13-14H,2-7,9-12H2,1H3. The highest BCUT2D eigenvalue weighted by molar-refractivity contribution is 7.88. The van der Waals surface area contributed by atoms with Crippen molar-refractivity contribution < 1.29 is 8.42 Å². The minimum atomic E-state index is -3.08. The summed E-state index contributed by atoms with van der Waals surface area (Å²) in [6, 6.07) is 2.80. The number of rotatable bonds is 5. The Balaban J connectivity index is 1.94. The molecule has 20 heavy (non-hydrogen) atoms. The van der Waals surface area contributed by atoms with Gasteiger partial charge in [0.15, 0.2) is 0 Å². The molecule has 2 fully saturated rings. The van der Waals surface area contributed by atoms with Crippen molar-refractivity contribution >= 4 is 10.0 Å². The Morgan fingerprint density at radius 2 is 1.95 bits per heavy atom. The summed E-state index contributed by atoms with van der Waals surface area (Å²) in [5.41, 5.74) is 0. The van der Waals surface area contributed by atoms with Crippen molar-refractivity contribution in [1.29, 1.82) is 5.26 Å². The van der Waals surface area contributed by atoms with E-state index in [2.05, 4.69) is 11.0 Å². The third kappa shape index (κ3) is 4.18. The van der Waals surface area contributed by atoms with Crippen LogP contribution in [0.1, 0.15) is 38.5 Å². The first-order chi connectivity index (χ1) is 9.50. The molecule has 0 bridgehead atoms. The average Bonchev–Trinajstić information content (AvgIpc) is 2.91. The molecule has 5 nitrogen and oxygen atoms in total. The first-order valence-corrected chi connectivity index (χ1v) is 9.41. The van der Waals surface area contributed by atoms with Gasteiger partial charge in [-0.25, -0.2) is 12.7 Å². The Labute approximate surface area is 122 Å². The van der Waals surface area contributed by atoms with Gasteiger partial charge in [-0.2, -0.15) is 5.26 Å². The molecule has 1 aliphatic carbocycles. The SMILES string of the molecule is CS(=O)(=O)N1CCCC(CN(CC#N)C2CCCC2)C1. The molecule has 1 unspecified atom stereocenters. The lowest BCUT2D eigenvalue weighted by Crippen LogP contribution is -2.45. The maximum atomic E-state index is 11.7. The summed E-state index contributed by atoms with van der Waals surface area (Å²) in [5.74, 6) is 0.368. The fourth-order valence-corrected chi connectivity index (χ4v) is 4.45. The van der Waals surface area contributed by atoms with Crippen LogP contribution in [0.25, 0.3) is 0 Å². The second kappa shape index (κ2) is 6.88. The molecule has 1 aliphatic heterocycles. The molecule has 1 atom stereocenters. The van der Waals surface area contributed by atoms with Crippen LogP contribution in [-0.4, -0.2) is 56.1 Å². The van der Waals surface area contributed by atoms with Crippen LogP contribution >= 0.6 is 0 Å². The molecule has 0 spiro atoms. The predicted molar refractivity (Wildman–Crippen MR) is 78.6 cm³/mol. The van der Waals surface area contributed by atoms with Crippen molar-refractivity contribution in [3.05, 3.63) is 0 Å². The third-order valence-electron chi connectivity index (χ3n) is 4.56. The number of hydrogen-bond donors (Lipinski definition) is 0. The van der Waals surface area contributed by atoms with Crippen molar-refractivity contribution in [3.63, 3.8) is 0 Å². The Kier molecular flexibility index (Phi) is 5.42. The summed E-state index contributed by atoms with van der Waals surface area (Å²) in [4.78, 5) is 2.28. The zero-order valence-corrected chi connectivity index (χ0v) is 13.1. The molecule has 0 aromatic rings. The molecule has 0 aromatic carbocycles. The molecule has 0 amide bonds. The fourth-order valence-electron chi connectivity index (χ4n) is 3.51. The van der Waals surface area contributed by atoms with Gasteiger partial charge >= 0.3 is 0 Å². The molecule has 114 valence electrons. The van der Waals surface area contributed by atoms with Gasteiger partial charge in [-0.15, -0.1) is 0 Å². The fraction of sp³-hybridized carbons (Fsp3) is 0.929. The Hall–Kier alpha value is -0.640. The van der Waals surface area contributed by atoms with E-state index >= 15 is 0 Å². The molecule has 2 rings (SSSR count). The van der Waals surface area contributed by atoms with Crippen LogP contribution in [0.15, 0.2) is 0 Å². The molecule has 2 aliphatic rings. The zero-order valence-electron chi connectivity index (χ0n) is 12.3. The first-order valence-electron chi connectivity index (χ1n) is 7.57. The third-order valence-corrected chi connectivity index (χ3v) is 5.83. The number of piperidine rings is 1. The van der Waals surface area contributed by atoms with E-state index in [1.165, 1.54) is 31.9 Å². The lowest BCUT2D eigenvalue weighted by atomic mass is 9.98. The van der Waals surface area contributed by atoms with Gasteiger partial charge in [0.05, 0.1) is 18.9 Å². The quantitative estimate of drug-likeness (QED) is 0.720. The number of nitrogens with zero attached hydrogens (tertiary/aromatic N) is 3. The maximum Gasteiger partial charge on any atom is 0.211 e. The summed E-state index contributed by atoms with van der Waals surface area (Å²) in [5, 5.41) is 9.01. The summed E-state index contributed by atoms with van der Waals surface area (Å²) in [6.07, 6.45) is 8.18. The monoisotopic (exact) mass is 299 g/mol. The van der Waals surface area contributed by atoms with Crippen molar-refractivity contribution in [3.8, 4) is 6.07 Å². The van der Waals surface area contributed by atoms with Crippen molar-refractivity contribution in [2.24, 2.45) is 5.92 Å². The van der Waals surface area contributed by atoms with Gasteiger partial charge in [-0.1, -0.05) is 12.8 Å². The van der Waals surface area contributed by atoms with Gasteiger partial charge in [0.2, 0.25) is 10.0 Å². The van der Waals surface area contributed by atoms with Crippen molar-refractivity contribution in [1.82, 2.24) is 9.21 Å². The molecule has 0 radical (unpaired) electrons. The number of nitriles is 1. The molecule has 0 N–H and O–H groups in total.